The number of primary amides is 2. The molecule has 21 heavy (non-hydrogen) atoms. The summed E-state index contributed by atoms with van der Waals surface area (Å²) in [5.41, 5.74) is 14.6. The van der Waals surface area contributed by atoms with Gasteiger partial charge in [0, 0.05) is 11.1 Å². The van der Waals surface area contributed by atoms with Crippen LogP contribution in [0.4, 0.5) is 0 Å². The molecule has 0 atom stereocenters. The lowest BCUT2D eigenvalue weighted by molar-refractivity contribution is 0.0998. The predicted octanol–water partition coefficient (Wildman–Crippen LogP) is 2.59. The van der Waals surface area contributed by atoms with E-state index in [1.54, 1.807) is 6.07 Å². The molecule has 0 saturated heterocycles. The van der Waals surface area contributed by atoms with Gasteiger partial charge in [-0.05, 0) is 54.4 Å². The normalized spacial score (nSPS) is 11.2. The number of amides is 2. The van der Waals surface area contributed by atoms with E-state index in [9.17, 15) is 9.59 Å². The van der Waals surface area contributed by atoms with Gasteiger partial charge < -0.3 is 11.5 Å². The summed E-state index contributed by atoms with van der Waals surface area (Å²) < 4.78 is 0. The summed E-state index contributed by atoms with van der Waals surface area (Å²) in [7, 11) is 0. The number of hydrogen-bond acceptors (Lipinski definition) is 2. The highest BCUT2D eigenvalue weighted by Crippen LogP contribution is 2.27. The number of aryl methyl sites for hydroxylation is 1. The van der Waals surface area contributed by atoms with Crippen LogP contribution in [0.2, 0.25) is 0 Å². The molecule has 1 rings (SSSR count). The van der Waals surface area contributed by atoms with Gasteiger partial charge in [0.05, 0.1) is 0 Å². The maximum Gasteiger partial charge on any atom is 0.249 e. The predicted molar refractivity (Wildman–Crippen MR) is 85.3 cm³/mol. The Morgan fingerprint density at radius 2 is 1.43 bits per heavy atom. The Balaban J connectivity index is 3.67. The molecule has 4 nitrogen and oxygen atoms in total. The highest BCUT2D eigenvalue weighted by atomic mass is 16.1. The van der Waals surface area contributed by atoms with Crippen LogP contribution >= 0.6 is 0 Å². The van der Waals surface area contributed by atoms with E-state index in [4.69, 9.17) is 11.5 Å². The zero-order valence-electron chi connectivity index (χ0n) is 13.6. The Labute approximate surface area is 126 Å². The first kappa shape index (κ1) is 17.2. The van der Waals surface area contributed by atoms with Gasteiger partial charge in [0.1, 0.15) is 0 Å². The van der Waals surface area contributed by atoms with Gasteiger partial charge in [-0.15, -0.1) is 0 Å². The monoisotopic (exact) mass is 290 g/mol. The van der Waals surface area contributed by atoms with E-state index >= 15 is 0 Å². The van der Waals surface area contributed by atoms with Crippen molar-refractivity contribution in [1.29, 1.82) is 0 Å². The molecular formula is C17H26N2O2. The molecule has 1 aromatic carbocycles. The maximum absolute atomic E-state index is 12.0. The molecule has 0 saturated carbocycles. The molecule has 0 spiro atoms. The van der Waals surface area contributed by atoms with E-state index in [0.29, 0.717) is 34.9 Å². The highest BCUT2D eigenvalue weighted by Gasteiger charge is 2.23. The third-order valence-electron chi connectivity index (χ3n) is 3.50. The fourth-order valence-corrected chi connectivity index (χ4v) is 2.71. The molecule has 0 aliphatic carbocycles. The fraction of sp³-hybridized carbons (Fsp3) is 0.529. The standard InChI is InChI=1S/C17H26N2O2/c1-9(2)6-12-11(5)8-14(16(18)20)13(7-10(3)4)15(12)17(19)21/h8-10H,6-7H2,1-5H3,(H2,18,20)(H2,19,21). The van der Waals surface area contributed by atoms with Crippen LogP contribution in [-0.2, 0) is 12.8 Å². The number of carbonyl (C=O) groups excluding carboxylic acids is 2. The average molecular weight is 290 g/mol. The molecular weight excluding hydrogens is 264 g/mol. The molecule has 0 aliphatic heterocycles. The van der Waals surface area contributed by atoms with Crippen LogP contribution in [0.15, 0.2) is 6.07 Å². The van der Waals surface area contributed by atoms with Gasteiger partial charge in [-0.3, -0.25) is 9.59 Å². The van der Waals surface area contributed by atoms with Gasteiger partial charge >= 0.3 is 0 Å². The van der Waals surface area contributed by atoms with Gasteiger partial charge in [0.15, 0.2) is 0 Å². The van der Waals surface area contributed by atoms with Gasteiger partial charge in [0.25, 0.3) is 0 Å². The van der Waals surface area contributed by atoms with Crippen LogP contribution in [0.1, 0.15) is 65.1 Å². The summed E-state index contributed by atoms with van der Waals surface area (Å²) >= 11 is 0. The van der Waals surface area contributed by atoms with E-state index in [-0.39, 0.29) is 0 Å². The maximum atomic E-state index is 12.0. The molecule has 0 heterocycles. The Bertz CT molecular complexity index is 560. The first-order chi connectivity index (χ1) is 9.65. The Morgan fingerprint density at radius 3 is 1.81 bits per heavy atom. The number of benzene rings is 1. The average Bonchev–Trinajstić information content (AvgIpc) is 2.30. The molecule has 0 fully saturated rings. The third-order valence-corrected chi connectivity index (χ3v) is 3.50. The van der Waals surface area contributed by atoms with Gasteiger partial charge in [0.2, 0.25) is 11.8 Å². The fourth-order valence-electron chi connectivity index (χ4n) is 2.71. The van der Waals surface area contributed by atoms with Crippen LogP contribution < -0.4 is 11.5 Å². The number of nitrogens with two attached hydrogens (primary N) is 2. The third kappa shape index (κ3) is 4.06. The van der Waals surface area contributed by atoms with Crippen LogP contribution in [0.25, 0.3) is 0 Å². The smallest absolute Gasteiger partial charge is 0.249 e. The molecule has 4 heteroatoms. The zero-order valence-corrected chi connectivity index (χ0v) is 13.6. The summed E-state index contributed by atoms with van der Waals surface area (Å²) in [6.07, 6.45) is 1.37. The van der Waals surface area contributed by atoms with E-state index in [0.717, 1.165) is 17.5 Å². The lowest BCUT2D eigenvalue weighted by atomic mass is 9.84. The molecule has 0 unspecified atom stereocenters. The molecule has 0 aromatic heterocycles. The lowest BCUT2D eigenvalue weighted by Crippen LogP contribution is -2.24. The van der Waals surface area contributed by atoms with E-state index in [1.807, 2.05) is 20.8 Å². The van der Waals surface area contributed by atoms with Crippen molar-refractivity contribution in [2.24, 2.45) is 23.3 Å². The summed E-state index contributed by atoms with van der Waals surface area (Å²) in [6, 6.07) is 1.80. The number of hydrogen-bond donors (Lipinski definition) is 2. The first-order valence-electron chi connectivity index (χ1n) is 7.40. The lowest BCUT2D eigenvalue weighted by Gasteiger charge is -2.20. The molecule has 1 aromatic rings. The minimum atomic E-state index is -0.507. The largest absolute Gasteiger partial charge is 0.366 e. The Kier molecular flexibility index (Phi) is 5.53. The van der Waals surface area contributed by atoms with Crippen molar-refractivity contribution in [3.05, 3.63) is 33.9 Å². The van der Waals surface area contributed by atoms with Crippen LogP contribution in [0.5, 0.6) is 0 Å². The Morgan fingerprint density at radius 1 is 0.952 bits per heavy atom. The summed E-state index contributed by atoms with van der Waals surface area (Å²) in [4.78, 5) is 23.7. The van der Waals surface area contributed by atoms with Crippen molar-refractivity contribution in [2.45, 2.75) is 47.5 Å². The van der Waals surface area contributed by atoms with Crippen LogP contribution in [0, 0.1) is 18.8 Å². The zero-order chi connectivity index (χ0) is 16.3. The Hall–Kier alpha value is -1.84. The van der Waals surface area contributed by atoms with Crippen molar-refractivity contribution >= 4 is 11.8 Å². The molecule has 116 valence electrons. The van der Waals surface area contributed by atoms with Crippen LogP contribution in [0.3, 0.4) is 0 Å². The second-order valence-electron chi connectivity index (χ2n) is 6.50. The van der Waals surface area contributed by atoms with Crippen molar-refractivity contribution in [1.82, 2.24) is 0 Å². The molecule has 0 aliphatic rings. The topological polar surface area (TPSA) is 86.2 Å². The molecule has 0 bridgehead atoms. The summed E-state index contributed by atoms with van der Waals surface area (Å²) in [5.74, 6) is -0.288. The highest BCUT2D eigenvalue weighted by molar-refractivity contribution is 6.02. The van der Waals surface area contributed by atoms with Crippen molar-refractivity contribution in [3.63, 3.8) is 0 Å². The molecule has 4 N–H and O–H groups in total. The minimum absolute atomic E-state index is 0.302. The van der Waals surface area contributed by atoms with E-state index in [2.05, 4.69) is 13.8 Å². The molecule has 0 radical (unpaired) electrons. The summed E-state index contributed by atoms with van der Waals surface area (Å²) in [6.45, 7) is 10.2. The number of carbonyl (C=O) groups is 2. The van der Waals surface area contributed by atoms with E-state index in [1.165, 1.54) is 0 Å². The summed E-state index contributed by atoms with van der Waals surface area (Å²) in [5, 5.41) is 0. The van der Waals surface area contributed by atoms with Gasteiger partial charge in [-0.25, -0.2) is 0 Å². The number of rotatable bonds is 6. The van der Waals surface area contributed by atoms with Gasteiger partial charge in [-0.2, -0.15) is 0 Å². The second kappa shape index (κ2) is 6.74. The first-order valence-corrected chi connectivity index (χ1v) is 7.40. The van der Waals surface area contributed by atoms with Crippen LogP contribution in [-0.4, -0.2) is 11.8 Å². The molecule has 2 amide bonds. The SMILES string of the molecule is Cc1cc(C(N)=O)c(CC(C)C)c(C(N)=O)c1CC(C)C. The second-order valence-corrected chi connectivity index (χ2v) is 6.50. The van der Waals surface area contributed by atoms with Crippen molar-refractivity contribution in [2.75, 3.05) is 0 Å². The van der Waals surface area contributed by atoms with Gasteiger partial charge in [-0.1, -0.05) is 27.7 Å². The van der Waals surface area contributed by atoms with Crippen molar-refractivity contribution < 1.29 is 9.59 Å². The quantitative estimate of drug-likeness (QED) is 0.843. The van der Waals surface area contributed by atoms with E-state index < -0.39 is 11.8 Å². The van der Waals surface area contributed by atoms with Crippen molar-refractivity contribution in [3.8, 4) is 0 Å². The minimum Gasteiger partial charge on any atom is -0.366 e.